The first-order valence-electron chi connectivity index (χ1n) is 9.70. The zero-order valence-corrected chi connectivity index (χ0v) is 18.1. The minimum Gasteiger partial charge on any atom is -0.465 e. The van der Waals surface area contributed by atoms with Crippen molar-refractivity contribution in [3.8, 4) is 0 Å². The number of aliphatic hydroxyl groups is 3. The van der Waals surface area contributed by atoms with Crippen molar-refractivity contribution in [2.24, 2.45) is 17.8 Å². The maximum atomic E-state index is 12.7. The highest BCUT2D eigenvalue weighted by Crippen LogP contribution is 2.45. The predicted octanol–water partition coefficient (Wildman–Crippen LogP) is 2.78. The highest BCUT2D eigenvalue weighted by Gasteiger charge is 2.49. The number of carbonyl (C=O) groups excluding carboxylic acids is 2. The lowest BCUT2D eigenvalue weighted by atomic mass is 9.69. The molecular weight excluding hydrogens is 396 g/mol. The van der Waals surface area contributed by atoms with E-state index in [9.17, 15) is 24.9 Å². The Hall–Kier alpha value is -1.73. The van der Waals surface area contributed by atoms with Crippen molar-refractivity contribution in [1.82, 2.24) is 0 Å². The second kappa shape index (κ2) is 8.96. The van der Waals surface area contributed by atoms with Gasteiger partial charge in [0, 0.05) is 35.3 Å². The van der Waals surface area contributed by atoms with Gasteiger partial charge in [-0.3, -0.25) is 9.59 Å². The molecule has 0 saturated carbocycles. The van der Waals surface area contributed by atoms with Crippen LogP contribution in [0.25, 0.3) is 0 Å². The van der Waals surface area contributed by atoms with E-state index in [0.29, 0.717) is 16.9 Å². The molecule has 0 saturated heterocycles. The molecule has 2 aliphatic rings. The minimum atomic E-state index is -1.87. The molecular formula is C22H29ClO6. The summed E-state index contributed by atoms with van der Waals surface area (Å²) in [7, 11) is 0. The molecule has 0 unspecified atom stereocenters. The Morgan fingerprint density at radius 1 is 1.28 bits per heavy atom. The van der Waals surface area contributed by atoms with Crippen molar-refractivity contribution in [3.05, 3.63) is 46.4 Å². The zero-order valence-electron chi connectivity index (χ0n) is 17.3. The Morgan fingerprint density at radius 2 is 1.90 bits per heavy atom. The standard InChI is InChI=1S/C22H29ClO6/c1-11(13(3)24)6-7-15-8-16-17(10-29-15)18(9-19(26)12(2)14(4)25)22(5,28)21(27)20(16)23/h6-8,10-14,18,24-25,28H,9H2,1-5H3/b7-6+/t11-,12+,13-,14+,18+,22+/m1/s1. The zero-order chi connectivity index (χ0) is 22.1. The lowest BCUT2D eigenvalue weighted by Gasteiger charge is -2.39. The maximum absolute atomic E-state index is 12.7. The van der Waals surface area contributed by atoms with Crippen LogP contribution >= 0.6 is 11.6 Å². The normalized spacial score (nSPS) is 28.9. The highest BCUT2D eigenvalue weighted by molar-refractivity contribution is 6.45. The van der Waals surface area contributed by atoms with Gasteiger partial charge in [0.1, 0.15) is 17.1 Å². The van der Waals surface area contributed by atoms with Crippen LogP contribution < -0.4 is 0 Å². The third-order valence-corrected chi connectivity index (χ3v) is 6.21. The number of Topliss-reactive ketones (excluding diaryl/α,β-unsaturated/α-hetero) is 2. The van der Waals surface area contributed by atoms with Crippen LogP contribution in [0.1, 0.15) is 41.0 Å². The van der Waals surface area contributed by atoms with E-state index >= 15 is 0 Å². The second-order valence-electron chi connectivity index (χ2n) is 8.15. The molecule has 0 radical (unpaired) electrons. The van der Waals surface area contributed by atoms with Crippen LogP contribution in [-0.2, 0) is 14.3 Å². The first kappa shape index (κ1) is 23.5. The molecule has 6 atom stereocenters. The highest BCUT2D eigenvalue weighted by atomic mass is 35.5. The van der Waals surface area contributed by atoms with Crippen molar-refractivity contribution in [3.63, 3.8) is 0 Å². The van der Waals surface area contributed by atoms with E-state index in [1.165, 1.54) is 20.1 Å². The van der Waals surface area contributed by atoms with E-state index in [-0.39, 0.29) is 23.2 Å². The van der Waals surface area contributed by atoms with Gasteiger partial charge in [0.05, 0.1) is 23.5 Å². The van der Waals surface area contributed by atoms with E-state index < -0.39 is 35.4 Å². The van der Waals surface area contributed by atoms with Gasteiger partial charge in [-0.1, -0.05) is 31.5 Å². The molecule has 2 rings (SSSR count). The summed E-state index contributed by atoms with van der Waals surface area (Å²) in [6.45, 7) is 8.00. The largest absolute Gasteiger partial charge is 0.465 e. The molecule has 0 aromatic carbocycles. The van der Waals surface area contributed by atoms with E-state index in [1.807, 2.05) is 6.92 Å². The van der Waals surface area contributed by atoms with E-state index in [2.05, 4.69) is 0 Å². The Bertz CT molecular complexity index is 800. The van der Waals surface area contributed by atoms with Gasteiger partial charge >= 0.3 is 0 Å². The SMILES string of the molecule is C[C@H](O)[C@H](C)C(=O)C[C@H]1C2=COC(/C=C/[C@@H](C)[C@@H](C)O)=CC2=C(Cl)C(=O)[C@@]1(C)O. The number of ether oxygens (including phenoxy) is 1. The molecule has 0 bridgehead atoms. The van der Waals surface area contributed by atoms with Crippen LogP contribution in [0.5, 0.6) is 0 Å². The van der Waals surface area contributed by atoms with Crippen molar-refractivity contribution >= 4 is 23.2 Å². The van der Waals surface area contributed by atoms with Gasteiger partial charge in [-0.2, -0.15) is 0 Å². The van der Waals surface area contributed by atoms with Crippen molar-refractivity contribution < 1.29 is 29.6 Å². The van der Waals surface area contributed by atoms with Gasteiger partial charge in [0.2, 0.25) is 5.78 Å². The number of hydrogen-bond donors (Lipinski definition) is 3. The second-order valence-corrected chi connectivity index (χ2v) is 8.53. The number of aliphatic hydroxyl groups excluding tert-OH is 2. The van der Waals surface area contributed by atoms with Gasteiger partial charge in [-0.05, 0) is 32.9 Å². The Labute approximate surface area is 176 Å². The molecule has 0 aromatic rings. The molecule has 3 N–H and O–H groups in total. The number of fused-ring (bicyclic) bond motifs is 1. The van der Waals surface area contributed by atoms with Gasteiger partial charge in [0.15, 0.2) is 0 Å². The molecule has 160 valence electrons. The van der Waals surface area contributed by atoms with Gasteiger partial charge in [-0.15, -0.1) is 0 Å². The summed E-state index contributed by atoms with van der Waals surface area (Å²) >= 11 is 6.26. The molecule has 0 amide bonds. The molecule has 29 heavy (non-hydrogen) atoms. The fourth-order valence-electron chi connectivity index (χ4n) is 3.18. The maximum Gasteiger partial charge on any atom is 0.206 e. The van der Waals surface area contributed by atoms with Crippen LogP contribution in [0.2, 0.25) is 0 Å². The van der Waals surface area contributed by atoms with Crippen LogP contribution in [-0.4, -0.2) is 44.7 Å². The Balaban J connectivity index is 2.38. The van der Waals surface area contributed by atoms with Crippen LogP contribution in [0.4, 0.5) is 0 Å². The smallest absolute Gasteiger partial charge is 0.206 e. The average Bonchev–Trinajstić information content (AvgIpc) is 2.66. The Kier molecular flexibility index (Phi) is 7.28. The van der Waals surface area contributed by atoms with E-state index in [4.69, 9.17) is 16.3 Å². The first-order valence-corrected chi connectivity index (χ1v) is 10.1. The molecule has 0 fully saturated rings. The summed E-state index contributed by atoms with van der Waals surface area (Å²) in [5.41, 5.74) is -1.00. The molecule has 0 aromatic heterocycles. The fraction of sp³-hybridized carbons (Fsp3) is 0.545. The van der Waals surface area contributed by atoms with Crippen molar-refractivity contribution in [2.45, 2.75) is 58.8 Å². The van der Waals surface area contributed by atoms with Gasteiger partial charge in [0.25, 0.3) is 0 Å². The van der Waals surface area contributed by atoms with Gasteiger partial charge < -0.3 is 20.1 Å². The number of allylic oxidation sites excluding steroid dienone is 3. The first-order chi connectivity index (χ1) is 13.4. The minimum absolute atomic E-state index is 0.102. The number of halogens is 1. The molecule has 6 nitrogen and oxygen atoms in total. The summed E-state index contributed by atoms with van der Waals surface area (Å²) in [6.07, 6.45) is 4.94. The summed E-state index contributed by atoms with van der Waals surface area (Å²) in [6, 6.07) is 0. The fourth-order valence-corrected chi connectivity index (χ4v) is 3.53. The summed E-state index contributed by atoms with van der Waals surface area (Å²) in [5, 5.41) is 30.0. The number of ketones is 2. The van der Waals surface area contributed by atoms with Crippen molar-refractivity contribution in [1.29, 1.82) is 0 Å². The van der Waals surface area contributed by atoms with Crippen molar-refractivity contribution in [2.75, 3.05) is 0 Å². The third kappa shape index (κ3) is 4.89. The van der Waals surface area contributed by atoms with E-state index in [1.54, 1.807) is 32.1 Å². The third-order valence-electron chi connectivity index (χ3n) is 5.83. The summed E-state index contributed by atoms with van der Waals surface area (Å²) in [4.78, 5) is 25.3. The topological polar surface area (TPSA) is 104 Å². The summed E-state index contributed by atoms with van der Waals surface area (Å²) < 4.78 is 5.63. The van der Waals surface area contributed by atoms with Crippen LogP contribution in [0.15, 0.2) is 46.4 Å². The predicted molar refractivity (Wildman–Crippen MR) is 110 cm³/mol. The molecule has 1 aliphatic heterocycles. The lowest BCUT2D eigenvalue weighted by molar-refractivity contribution is -0.138. The molecule has 7 heteroatoms. The number of carbonyl (C=O) groups is 2. The summed E-state index contributed by atoms with van der Waals surface area (Å²) in [5.74, 6) is -2.09. The quantitative estimate of drug-likeness (QED) is 0.580. The van der Waals surface area contributed by atoms with Crippen LogP contribution in [0.3, 0.4) is 0 Å². The number of hydrogen-bond acceptors (Lipinski definition) is 6. The van der Waals surface area contributed by atoms with E-state index in [0.717, 1.165) is 0 Å². The number of rotatable bonds is 7. The average molecular weight is 425 g/mol. The Morgan fingerprint density at radius 3 is 2.45 bits per heavy atom. The molecule has 0 spiro atoms. The van der Waals surface area contributed by atoms with Gasteiger partial charge in [-0.25, -0.2) is 0 Å². The lowest BCUT2D eigenvalue weighted by Crippen LogP contribution is -2.49. The monoisotopic (exact) mass is 424 g/mol. The molecule has 1 heterocycles. The molecule has 1 aliphatic carbocycles. The van der Waals surface area contributed by atoms with Crippen LogP contribution in [0, 0.1) is 17.8 Å².